The normalized spacial score (nSPS) is 11.6. The molecule has 0 atom stereocenters. The highest BCUT2D eigenvalue weighted by atomic mass is 127. The SMILES string of the molecule is Cc1cc(S(=O)(=O)O)c(C(C)C)cc1OC(=O)c1ccccc1I. The van der Waals surface area contributed by atoms with Crippen molar-refractivity contribution in [3.05, 3.63) is 56.7 Å². The maximum Gasteiger partial charge on any atom is 0.344 e. The number of aryl methyl sites for hydroxylation is 1. The van der Waals surface area contributed by atoms with Crippen LogP contribution in [0.1, 0.15) is 41.3 Å². The van der Waals surface area contributed by atoms with Crippen LogP contribution in [-0.2, 0) is 10.1 Å². The van der Waals surface area contributed by atoms with Gasteiger partial charge in [0, 0.05) is 3.57 Å². The minimum atomic E-state index is -4.35. The van der Waals surface area contributed by atoms with Gasteiger partial charge in [-0.1, -0.05) is 26.0 Å². The minimum Gasteiger partial charge on any atom is -0.423 e. The number of benzene rings is 2. The molecule has 2 aromatic carbocycles. The van der Waals surface area contributed by atoms with Gasteiger partial charge in [0.05, 0.1) is 10.5 Å². The van der Waals surface area contributed by atoms with E-state index in [0.717, 1.165) is 3.57 Å². The van der Waals surface area contributed by atoms with Gasteiger partial charge in [0.2, 0.25) is 0 Å². The maximum atomic E-state index is 12.4. The molecule has 0 unspecified atom stereocenters. The Morgan fingerprint density at radius 1 is 1.21 bits per heavy atom. The fourth-order valence-electron chi connectivity index (χ4n) is 2.24. The number of hydrogen-bond donors (Lipinski definition) is 1. The van der Waals surface area contributed by atoms with Crippen LogP contribution >= 0.6 is 22.6 Å². The van der Waals surface area contributed by atoms with Gasteiger partial charge in [0.15, 0.2) is 0 Å². The van der Waals surface area contributed by atoms with Crippen LogP contribution < -0.4 is 4.74 Å². The zero-order valence-electron chi connectivity index (χ0n) is 13.4. The summed E-state index contributed by atoms with van der Waals surface area (Å²) < 4.78 is 38.7. The molecule has 0 radical (unpaired) electrons. The molecule has 0 aromatic heterocycles. The van der Waals surface area contributed by atoms with E-state index in [-0.39, 0.29) is 16.6 Å². The third-order valence-corrected chi connectivity index (χ3v) is 5.35. The Labute approximate surface area is 154 Å². The van der Waals surface area contributed by atoms with Crippen molar-refractivity contribution in [3.63, 3.8) is 0 Å². The average molecular weight is 460 g/mol. The number of carbonyl (C=O) groups excluding carboxylic acids is 1. The Balaban J connectivity index is 2.47. The Hall–Kier alpha value is -1.45. The molecule has 7 heteroatoms. The van der Waals surface area contributed by atoms with Crippen molar-refractivity contribution in [3.8, 4) is 5.75 Å². The quantitative estimate of drug-likeness (QED) is 0.321. The molecule has 0 amide bonds. The fraction of sp³-hybridized carbons (Fsp3) is 0.235. The van der Waals surface area contributed by atoms with Crippen molar-refractivity contribution in [1.29, 1.82) is 0 Å². The topological polar surface area (TPSA) is 80.7 Å². The lowest BCUT2D eigenvalue weighted by Gasteiger charge is -2.15. The van der Waals surface area contributed by atoms with Crippen LogP contribution in [-0.4, -0.2) is 18.9 Å². The molecule has 0 saturated carbocycles. The number of rotatable bonds is 4. The lowest BCUT2D eigenvalue weighted by Crippen LogP contribution is -2.12. The zero-order chi connectivity index (χ0) is 18.1. The van der Waals surface area contributed by atoms with E-state index in [9.17, 15) is 17.8 Å². The van der Waals surface area contributed by atoms with E-state index >= 15 is 0 Å². The van der Waals surface area contributed by atoms with Crippen LogP contribution in [0.4, 0.5) is 0 Å². The molecule has 0 saturated heterocycles. The van der Waals surface area contributed by atoms with Crippen molar-refractivity contribution in [2.75, 3.05) is 0 Å². The van der Waals surface area contributed by atoms with Crippen molar-refractivity contribution in [2.24, 2.45) is 0 Å². The summed E-state index contributed by atoms with van der Waals surface area (Å²) >= 11 is 2.05. The molecule has 128 valence electrons. The van der Waals surface area contributed by atoms with Gasteiger partial charge in [0.1, 0.15) is 5.75 Å². The Morgan fingerprint density at radius 3 is 2.38 bits per heavy atom. The molecule has 2 aromatic rings. The van der Waals surface area contributed by atoms with Gasteiger partial charge < -0.3 is 4.74 Å². The van der Waals surface area contributed by atoms with Crippen molar-refractivity contribution < 1.29 is 22.5 Å². The average Bonchev–Trinajstić information content (AvgIpc) is 2.48. The summed E-state index contributed by atoms with van der Waals surface area (Å²) in [6.45, 7) is 5.22. The Kier molecular flexibility index (Phi) is 5.67. The van der Waals surface area contributed by atoms with Crippen LogP contribution in [0, 0.1) is 10.5 Å². The molecule has 0 aliphatic rings. The van der Waals surface area contributed by atoms with Gasteiger partial charge in [0.25, 0.3) is 10.1 Å². The van der Waals surface area contributed by atoms with Gasteiger partial charge >= 0.3 is 5.97 Å². The second kappa shape index (κ2) is 7.20. The third kappa shape index (κ3) is 4.14. The summed E-state index contributed by atoms with van der Waals surface area (Å²) in [5.41, 5.74) is 1.28. The summed E-state index contributed by atoms with van der Waals surface area (Å²) in [4.78, 5) is 12.2. The van der Waals surface area contributed by atoms with Crippen LogP contribution in [0.2, 0.25) is 0 Å². The van der Waals surface area contributed by atoms with E-state index < -0.39 is 16.1 Å². The fourth-order valence-corrected chi connectivity index (χ4v) is 3.77. The van der Waals surface area contributed by atoms with E-state index in [0.29, 0.717) is 16.7 Å². The number of halogens is 1. The predicted molar refractivity (Wildman–Crippen MR) is 99.2 cm³/mol. The molecule has 5 nitrogen and oxygen atoms in total. The molecular weight excluding hydrogens is 443 g/mol. The van der Waals surface area contributed by atoms with E-state index in [1.54, 1.807) is 39.0 Å². The summed E-state index contributed by atoms with van der Waals surface area (Å²) in [7, 11) is -4.35. The highest BCUT2D eigenvalue weighted by molar-refractivity contribution is 14.1. The first-order valence-corrected chi connectivity index (χ1v) is 9.72. The van der Waals surface area contributed by atoms with E-state index in [1.165, 1.54) is 12.1 Å². The first kappa shape index (κ1) is 18.9. The van der Waals surface area contributed by atoms with Gasteiger partial charge in [-0.15, -0.1) is 0 Å². The van der Waals surface area contributed by atoms with Crippen molar-refractivity contribution in [2.45, 2.75) is 31.6 Å². The van der Waals surface area contributed by atoms with Crippen LogP contribution in [0.3, 0.4) is 0 Å². The van der Waals surface area contributed by atoms with Crippen LogP contribution in [0.25, 0.3) is 0 Å². The third-order valence-electron chi connectivity index (χ3n) is 3.50. The number of ether oxygens (including phenoxy) is 1. The maximum absolute atomic E-state index is 12.4. The molecule has 0 fully saturated rings. The van der Waals surface area contributed by atoms with Gasteiger partial charge in [-0.25, -0.2) is 4.79 Å². The van der Waals surface area contributed by atoms with Gasteiger partial charge in [-0.2, -0.15) is 8.42 Å². The molecule has 0 aliphatic heterocycles. The zero-order valence-corrected chi connectivity index (χ0v) is 16.4. The van der Waals surface area contributed by atoms with Crippen LogP contribution in [0.15, 0.2) is 41.3 Å². The summed E-state index contributed by atoms with van der Waals surface area (Å²) in [6, 6.07) is 9.84. The van der Waals surface area contributed by atoms with E-state index in [1.807, 2.05) is 28.7 Å². The lowest BCUT2D eigenvalue weighted by molar-refractivity contribution is 0.0732. The molecule has 1 N–H and O–H groups in total. The molecule has 0 aliphatic carbocycles. The summed E-state index contributed by atoms with van der Waals surface area (Å²) in [6.07, 6.45) is 0. The monoisotopic (exact) mass is 460 g/mol. The highest BCUT2D eigenvalue weighted by Crippen LogP contribution is 2.31. The highest BCUT2D eigenvalue weighted by Gasteiger charge is 2.22. The molecular formula is C17H17IO5S. The van der Waals surface area contributed by atoms with Crippen LogP contribution in [0.5, 0.6) is 5.75 Å². The smallest absolute Gasteiger partial charge is 0.344 e. The number of carbonyl (C=O) groups is 1. The molecule has 0 bridgehead atoms. The molecule has 2 rings (SSSR count). The molecule has 0 spiro atoms. The van der Waals surface area contributed by atoms with E-state index in [2.05, 4.69) is 0 Å². The lowest BCUT2D eigenvalue weighted by atomic mass is 10.0. The summed E-state index contributed by atoms with van der Waals surface area (Å²) in [5, 5.41) is 0. The van der Waals surface area contributed by atoms with Gasteiger partial charge in [-0.3, -0.25) is 4.55 Å². The Morgan fingerprint density at radius 2 is 1.83 bits per heavy atom. The van der Waals surface area contributed by atoms with Crippen molar-refractivity contribution in [1.82, 2.24) is 0 Å². The number of esters is 1. The van der Waals surface area contributed by atoms with Gasteiger partial charge in [-0.05, 0) is 70.8 Å². The van der Waals surface area contributed by atoms with E-state index in [4.69, 9.17) is 4.74 Å². The molecule has 0 heterocycles. The second-order valence-electron chi connectivity index (χ2n) is 5.65. The minimum absolute atomic E-state index is 0.163. The first-order chi connectivity index (χ1) is 11.1. The standard InChI is InChI=1S/C17H17IO5S/c1-10(2)13-9-15(11(3)8-16(13)24(20,21)22)23-17(19)12-6-4-5-7-14(12)18/h4-10H,1-3H3,(H,20,21,22). The number of hydrogen-bond acceptors (Lipinski definition) is 4. The summed E-state index contributed by atoms with van der Waals surface area (Å²) in [5.74, 6) is -0.412. The second-order valence-corrected chi connectivity index (χ2v) is 8.21. The predicted octanol–water partition coefficient (Wildman–Crippen LogP) is 4.19. The Bertz CT molecular complexity index is 888. The van der Waals surface area contributed by atoms with Crippen molar-refractivity contribution >= 4 is 38.7 Å². The largest absolute Gasteiger partial charge is 0.423 e. The molecule has 24 heavy (non-hydrogen) atoms. The first-order valence-electron chi connectivity index (χ1n) is 7.20.